The Labute approximate surface area is 392 Å². The Morgan fingerprint density at radius 2 is 0.953 bits per heavy atom. The first-order valence-electron chi connectivity index (χ1n) is 26.8. The Kier molecular flexibility index (Phi) is 12.3. The molecule has 8 saturated carbocycles. The predicted octanol–water partition coefficient (Wildman–Crippen LogP) is 12.5. The van der Waals surface area contributed by atoms with E-state index in [0.29, 0.717) is 47.4 Å². The molecule has 2 spiro atoms. The number of hydrogen-bond acceptors (Lipinski definition) is 8. The molecule has 15 atom stereocenters. The monoisotopic (exact) mass is 927 g/mol. The van der Waals surface area contributed by atoms with Gasteiger partial charge in [0.25, 0.3) is 0 Å². The summed E-state index contributed by atoms with van der Waals surface area (Å²) in [5, 5.41) is 12.0. The Morgan fingerprint density at radius 1 is 0.531 bits per heavy atom. The fraction of sp³-hybridized carbons (Fsp3) is 0.981. The van der Waals surface area contributed by atoms with Crippen LogP contribution in [-0.2, 0) is 32.6 Å². The van der Waals surface area contributed by atoms with Crippen LogP contribution in [0.3, 0.4) is 0 Å². The highest BCUT2D eigenvalue weighted by molar-refractivity contribution is 6.74. The topological polar surface area (TPSA) is 92.7 Å². The molecule has 2 saturated heterocycles. The van der Waals surface area contributed by atoms with Crippen molar-refractivity contribution in [3.63, 3.8) is 0 Å². The van der Waals surface area contributed by atoms with E-state index in [1.165, 1.54) is 38.5 Å². The standard InChI is InChI=1S/C27H48O4Si.C27H46O4Si/c2*1-24(2,3)32(6,7)31-18-8-11-25(4)20-9-12-26(5)21(10-13-27(26)29-14-15-30-27)19(20)17-23(28)22(25)16-18/h18-23,28H,8-17H2,1-7H3;18-22H,8-17H2,1-7H3/t18-,19+,20-,21-,22+,23?,25+,26-;18-,19+,20-,21-,22+,25+,26-/m00/s1. The van der Waals surface area contributed by atoms with Crippen molar-refractivity contribution in [3.05, 3.63) is 0 Å². The molecule has 8 nitrogen and oxygen atoms in total. The lowest BCUT2D eigenvalue weighted by molar-refractivity contribution is -0.253. The van der Waals surface area contributed by atoms with Crippen LogP contribution in [0.5, 0.6) is 0 Å². The van der Waals surface area contributed by atoms with E-state index in [2.05, 4.69) is 95.4 Å². The fourth-order valence-corrected chi connectivity index (χ4v) is 20.2. The molecule has 0 radical (unpaired) electrons. The van der Waals surface area contributed by atoms with Crippen LogP contribution in [0.4, 0.5) is 0 Å². The molecule has 0 aromatic carbocycles. The summed E-state index contributed by atoms with van der Waals surface area (Å²) < 4.78 is 38.9. The van der Waals surface area contributed by atoms with Crippen LogP contribution in [0.15, 0.2) is 0 Å². The Balaban J connectivity index is 0.000000162. The van der Waals surface area contributed by atoms with Gasteiger partial charge in [0.2, 0.25) is 0 Å². The van der Waals surface area contributed by atoms with Gasteiger partial charge in [-0.25, -0.2) is 0 Å². The van der Waals surface area contributed by atoms with Crippen LogP contribution >= 0.6 is 0 Å². The van der Waals surface area contributed by atoms with E-state index in [1.807, 2.05) is 0 Å². The quantitative estimate of drug-likeness (QED) is 0.279. The highest BCUT2D eigenvalue weighted by Gasteiger charge is 2.70. The largest absolute Gasteiger partial charge is 0.414 e. The lowest BCUT2D eigenvalue weighted by atomic mass is 9.44. The number of carbonyl (C=O) groups is 1. The highest BCUT2D eigenvalue weighted by Crippen LogP contribution is 2.71. The first kappa shape index (κ1) is 48.8. The Bertz CT molecular complexity index is 1740. The summed E-state index contributed by atoms with van der Waals surface area (Å²) in [5.41, 5.74) is 0.554. The molecule has 10 aliphatic rings. The van der Waals surface area contributed by atoms with E-state index >= 15 is 0 Å². The zero-order valence-corrected chi connectivity index (χ0v) is 45.3. The van der Waals surface area contributed by atoms with E-state index < -0.39 is 16.6 Å². The molecule has 8 aliphatic carbocycles. The van der Waals surface area contributed by atoms with E-state index in [1.54, 1.807) is 0 Å². The Hall–Kier alpha value is -0.176. The number of ether oxygens (including phenoxy) is 4. The van der Waals surface area contributed by atoms with Crippen molar-refractivity contribution in [1.82, 2.24) is 0 Å². The van der Waals surface area contributed by atoms with Crippen LogP contribution in [0, 0.1) is 69.0 Å². The van der Waals surface area contributed by atoms with Crippen molar-refractivity contribution < 1.29 is 37.7 Å². The van der Waals surface area contributed by atoms with Gasteiger partial charge in [-0.15, -0.1) is 0 Å². The molecular formula is C54H94O8Si2. The number of ketones is 1. The molecule has 2 aliphatic heterocycles. The van der Waals surface area contributed by atoms with Crippen molar-refractivity contribution in [2.75, 3.05) is 26.4 Å². The number of rotatable bonds is 4. The number of Topliss-reactive ketones (excluding diaryl/α,β-unsaturated/α-hetero) is 1. The van der Waals surface area contributed by atoms with Crippen molar-refractivity contribution in [2.24, 2.45) is 69.0 Å². The third-order valence-electron chi connectivity index (χ3n) is 23.2. The van der Waals surface area contributed by atoms with Gasteiger partial charge in [0, 0.05) is 48.2 Å². The van der Waals surface area contributed by atoms with Gasteiger partial charge in [0.05, 0.1) is 32.5 Å². The third-order valence-corrected chi connectivity index (χ3v) is 32.2. The van der Waals surface area contributed by atoms with E-state index in [0.717, 1.165) is 96.6 Å². The number of aliphatic hydroxyl groups excluding tert-OH is 1. The summed E-state index contributed by atoms with van der Waals surface area (Å²) in [7, 11) is -3.60. The molecule has 10 heteroatoms. The second kappa shape index (κ2) is 16.2. The number of aliphatic hydroxyl groups is 1. The summed E-state index contributed by atoms with van der Waals surface area (Å²) in [5.74, 6) is 4.04. The Morgan fingerprint density at radius 3 is 1.44 bits per heavy atom. The van der Waals surface area contributed by atoms with Crippen molar-refractivity contribution >= 4 is 22.4 Å². The molecule has 64 heavy (non-hydrogen) atoms. The second-order valence-electron chi connectivity index (χ2n) is 27.8. The van der Waals surface area contributed by atoms with Crippen molar-refractivity contribution in [3.8, 4) is 0 Å². The molecule has 0 amide bonds. The van der Waals surface area contributed by atoms with Crippen molar-refractivity contribution in [2.45, 2.75) is 238 Å². The summed E-state index contributed by atoms with van der Waals surface area (Å²) in [6, 6.07) is 0. The second-order valence-corrected chi connectivity index (χ2v) is 37.3. The maximum atomic E-state index is 13.7. The fourth-order valence-electron chi connectivity index (χ4n) is 17.4. The minimum atomic E-state index is -1.82. The minimum absolute atomic E-state index is 0.0663. The minimum Gasteiger partial charge on any atom is -0.414 e. The first-order chi connectivity index (χ1) is 29.7. The first-order valence-corrected chi connectivity index (χ1v) is 32.6. The maximum absolute atomic E-state index is 13.7. The third kappa shape index (κ3) is 7.40. The van der Waals surface area contributed by atoms with Crippen LogP contribution in [0.25, 0.3) is 0 Å². The smallest absolute Gasteiger partial charge is 0.192 e. The molecule has 1 N–H and O–H groups in total. The van der Waals surface area contributed by atoms with Gasteiger partial charge in [-0.1, -0.05) is 69.2 Å². The highest BCUT2D eigenvalue weighted by atomic mass is 28.4. The average Bonchev–Trinajstić information content (AvgIpc) is 4.00. The molecule has 0 aromatic rings. The van der Waals surface area contributed by atoms with Gasteiger partial charge in [-0.2, -0.15) is 0 Å². The summed E-state index contributed by atoms with van der Waals surface area (Å²) >= 11 is 0. The van der Waals surface area contributed by atoms with Gasteiger partial charge in [-0.3, -0.25) is 4.79 Å². The van der Waals surface area contributed by atoms with E-state index in [4.69, 9.17) is 27.8 Å². The molecule has 10 fully saturated rings. The van der Waals surface area contributed by atoms with Gasteiger partial charge in [0.1, 0.15) is 5.78 Å². The lowest BCUT2D eigenvalue weighted by Crippen LogP contribution is -2.60. The van der Waals surface area contributed by atoms with Crippen molar-refractivity contribution in [1.29, 1.82) is 0 Å². The molecule has 10 rings (SSSR count). The number of carbonyl (C=O) groups excluding carboxylic acids is 1. The van der Waals surface area contributed by atoms with E-state index in [-0.39, 0.29) is 61.4 Å². The summed E-state index contributed by atoms with van der Waals surface area (Å²) in [6.45, 7) is 36.2. The molecule has 0 bridgehead atoms. The molecule has 1 unspecified atom stereocenters. The van der Waals surface area contributed by atoms with Crippen LogP contribution in [0.2, 0.25) is 36.3 Å². The van der Waals surface area contributed by atoms with Gasteiger partial charge in [-0.05, 0) is 172 Å². The molecule has 0 aromatic heterocycles. The zero-order chi connectivity index (χ0) is 46.3. The number of hydrogen-bond donors (Lipinski definition) is 1. The SMILES string of the molecule is CC(C)(C)[Si](C)(C)O[C@H]1CC[C@@]2(C)[C@H](C1)C(=O)C[C@@H]1[C@@H]2CC[C@@]2(C)[C@H]1CCC21OCCO1.CC(C)(C)[Si](C)(C)O[C@H]1CC[C@@]2(C)[C@H](C1)C(O)C[C@@H]1[C@@H]2CC[C@@]2(C)[C@H]1CCC21OCCO1. The normalized spacial score (nSPS) is 47.2. The van der Waals surface area contributed by atoms with E-state index in [9.17, 15) is 9.90 Å². The molecular weight excluding hydrogens is 833 g/mol. The van der Waals surface area contributed by atoms with Gasteiger partial charge >= 0.3 is 0 Å². The van der Waals surface area contributed by atoms with Crippen LogP contribution in [0.1, 0.15) is 172 Å². The predicted molar refractivity (Wildman–Crippen MR) is 259 cm³/mol. The van der Waals surface area contributed by atoms with Gasteiger partial charge < -0.3 is 32.9 Å². The summed E-state index contributed by atoms with van der Waals surface area (Å²) in [6.07, 6.45) is 18.0. The lowest BCUT2D eigenvalue weighted by Gasteiger charge is -2.63. The summed E-state index contributed by atoms with van der Waals surface area (Å²) in [4.78, 5) is 13.7. The zero-order valence-electron chi connectivity index (χ0n) is 43.3. The number of fused-ring (bicyclic) bond motifs is 12. The van der Waals surface area contributed by atoms with Crippen LogP contribution in [-0.4, -0.2) is 83.8 Å². The molecule has 2 heterocycles. The average molecular weight is 928 g/mol. The maximum Gasteiger partial charge on any atom is 0.192 e. The van der Waals surface area contributed by atoms with Gasteiger partial charge in [0.15, 0.2) is 28.2 Å². The van der Waals surface area contributed by atoms with Crippen LogP contribution < -0.4 is 0 Å². The molecule has 366 valence electrons.